The number of hydrogen-bond donors (Lipinski definition) is 3. The molecule has 1 aliphatic carbocycles. The van der Waals surface area contributed by atoms with Gasteiger partial charge in [0, 0.05) is 38.8 Å². The predicted molar refractivity (Wildman–Crippen MR) is 123 cm³/mol. The Kier molecular flexibility index (Phi) is 8.42. The molecular formula is C21H36N8O2. The molecule has 31 heavy (non-hydrogen) atoms. The van der Waals surface area contributed by atoms with Gasteiger partial charge in [-0.3, -0.25) is 9.48 Å². The lowest BCUT2D eigenvalue weighted by Crippen LogP contribution is -2.44. The molecule has 10 heteroatoms. The molecule has 0 bridgehead atoms. The van der Waals surface area contributed by atoms with Gasteiger partial charge in [-0.1, -0.05) is 26.7 Å². The van der Waals surface area contributed by atoms with E-state index in [0.717, 1.165) is 50.4 Å². The third kappa shape index (κ3) is 5.43. The van der Waals surface area contributed by atoms with Crippen molar-refractivity contribution in [2.45, 2.75) is 59.0 Å². The number of carbonyl (C=O) groups excluding carboxylic acids is 1. The zero-order valence-corrected chi connectivity index (χ0v) is 19.0. The Morgan fingerprint density at radius 3 is 2.58 bits per heavy atom. The van der Waals surface area contributed by atoms with Gasteiger partial charge in [0.25, 0.3) is 5.91 Å². The third-order valence-electron chi connectivity index (χ3n) is 5.56. The minimum atomic E-state index is -0.582. The first-order chi connectivity index (χ1) is 15.2. The van der Waals surface area contributed by atoms with Crippen LogP contribution in [0.1, 0.15) is 56.9 Å². The van der Waals surface area contributed by atoms with Crippen molar-refractivity contribution in [2.24, 2.45) is 5.73 Å². The van der Waals surface area contributed by atoms with Crippen molar-refractivity contribution in [2.75, 3.05) is 49.6 Å². The number of nitrogens with one attached hydrogen (secondary N) is 2. The zero-order valence-electron chi connectivity index (χ0n) is 19.0. The highest BCUT2D eigenvalue weighted by atomic mass is 16.5. The normalized spacial score (nSPS) is 16.9. The molecule has 4 N–H and O–H groups in total. The van der Waals surface area contributed by atoms with Gasteiger partial charge in [0.1, 0.15) is 11.0 Å². The van der Waals surface area contributed by atoms with Crippen molar-refractivity contribution in [1.82, 2.24) is 25.1 Å². The topological polar surface area (TPSA) is 123 Å². The van der Waals surface area contributed by atoms with Gasteiger partial charge in [-0.05, 0) is 19.8 Å². The second-order valence-corrected chi connectivity index (χ2v) is 7.57. The molecule has 3 heterocycles. The summed E-state index contributed by atoms with van der Waals surface area (Å²) in [6.07, 6.45) is 4.66. The molecule has 2 aromatic rings. The van der Waals surface area contributed by atoms with E-state index in [2.05, 4.69) is 20.6 Å². The molecule has 10 nitrogen and oxygen atoms in total. The standard InChI is InChI=1S/C19H30N8O2.C2H6/c1-2-29-12-11-27-16-14(15(25-27)17(20)28)23-19(26-9-7-21-8-10-26)24-18(16)22-13-5-3-4-6-13;1-2/h13,21H,2-12H2,1H3,(H2,20,28)(H,22,23,24);1-2H3. The average molecular weight is 433 g/mol. The molecule has 1 saturated heterocycles. The van der Waals surface area contributed by atoms with Gasteiger partial charge < -0.3 is 26.0 Å². The van der Waals surface area contributed by atoms with Gasteiger partial charge in [-0.15, -0.1) is 0 Å². The molecule has 1 saturated carbocycles. The number of primary amides is 1. The fourth-order valence-corrected chi connectivity index (χ4v) is 4.06. The van der Waals surface area contributed by atoms with E-state index in [9.17, 15) is 4.79 Å². The highest BCUT2D eigenvalue weighted by Crippen LogP contribution is 2.29. The van der Waals surface area contributed by atoms with Gasteiger partial charge >= 0.3 is 0 Å². The van der Waals surface area contributed by atoms with Gasteiger partial charge in [0.2, 0.25) is 5.95 Å². The van der Waals surface area contributed by atoms with Gasteiger partial charge in [0.05, 0.1) is 13.2 Å². The Bertz CT molecular complexity index is 857. The second-order valence-electron chi connectivity index (χ2n) is 7.57. The van der Waals surface area contributed by atoms with Crippen LogP contribution in [0.2, 0.25) is 0 Å². The van der Waals surface area contributed by atoms with E-state index < -0.39 is 5.91 Å². The summed E-state index contributed by atoms with van der Waals surface area (Å²) in [5.41, 5.74) is 7.06. The number of carbonyl (C=O) groups is 1. The van der Waals surface area contributed by atoms with E-state index in [4.69, 9.17) is 20.4 Å². The molecule has 0 aromatic carbocycles. The van der Waals surface area contributed by atoms with E-state index in [1.807, 2.05) is 20.8 Å². The lowest BCUT2D eigenvalue weighted by atomic mass is 10.2. The molecule has 2 aromatic heterocycles. The monoisotopic (exact) mass is 432 g/mol. The first-order valence-corrected chi connectivity index (χ1v) is 11.6. The van der Waals surface area contributed by atoms with Crippen molar-refractivity contribution in [1.29, 1.82) is 0 Å². The smallest absolute Gasteiger partial charge is 0.271 e. The Balaban J connectivity index is 0.00000132. The lowest BCUT2D eigenvalue weighted by molar-refractivity contribution is 0.0994. The molecule has 2 aliphatic rings. The number of anilines is 2. The molecule has 2 fully saturated rings. The predicted octanol–water partition coefficient (Wildman–Crippen LogP) is 1.75. The van der Waals surface area contributed by atoms with Crippen LogP contribution >= 0.6 is 0 Å². The first kappa shape index (κ1) is 23.2. The van der Waals surface area contributed by atoms with Crippen LogP contribution in [0, 0.1) is 0 Å². The molecule has 1 aliphatic heterocycles. The van der Waals surface area contributed by atoms with Crippen molar-refractivity contribution < 1.29 is 9.53 Å². The van der Waals surface area contributed by atoms with Crippen LogP contribution in [-0.2, 0) is 11.3 Å². The number of ether oxygens (including phenoxy) is 1. The quantitative estimate of drug-likeness (QED) is 0.539. The summed E-state index contributed by atoms with van der Waals surface area (Å²) in [6.45, 7) is 11.0. The number of piperazine rings is 1. The minimum absolute atomic E-state index is 0.185. The molecule has 0 spiro atoms. The zero-order chi connectivity index (χ0) is 22.2. The Morgan fingerprint density at radius 2 is 1.94 bits per heavy atom. The van der Waals surface area contributed by atoms with Crippen molar-refractivity contribution >= 4 is 28.7 Å². The molecule has 0 atom stereocenters. The molecular weight excluding hydrogens is 396 g/mol. The number of nitrogens with two attached hydrogens (primary N) is 1. The maximum atomic E-state index is 12.1. The van der Waals surface area contributed by atoms with E-state index in [-0.39, 0.29) is 5.69 Å². The van der Waals surface area contributed by atoms with E-state index in [0.29, 0.717) is 37.3 Å². The number of hydrogen-bond acceptors (Lipinski definition) is 8. The van der Waals surface area contributed by atoms with Crippen LogP contribution in [-0.4, -0.2) is 71.1 Å². The van der Waals surface area contributed by atoms with Crippen molar-refractivity contribution in [3.8, 4) is 0 Å². The number of aromatic nitrogens is 4. The van der Waals surface area contributed by atoms with Gasteiger partial charge in [-0.2, -0.15) is 10.1 Å². The number of rotatable bonds is 8. The molecule has 4 rings (SSSR count). The van der Waals surface area contributed by atoms with Gasteiger partial charge in [0.15, 0.2) is 11.5 Å². The van der Waals surface area contributed by atoms with E-state index in [1.54, 1.807) is 4.68 Å². The van der Waals surface area contributed by atoms with Crippen LogP contribution in [0.3, 0.4) is 0 Å². The molecule has 0 radical (unpaired) electrons. The minimum Gasteiger partial charge on any atom is -0.380 e. The van der Waals surface area contributed by atoms with Crippen LogP contribution in [0.25, 0.3) is 11.0 Å². The maximum Gasteiger partial charge on any atom is 0.271 e. The summed E-state index contributed by atoms with van der Waals surface area (Å²) >= 11 is 0. The van der Waals surface area contributed by atoms with Crippen LogP contribution in [0.5, 0.6) is 0 Å². The summed E-state index contributed by atoms with van der Waals surface area (Å²) in [7, 11) is 0. The largest absolute Gasteiger partial charge is 0.380 e. The summed E-state index contributed by atoms with van der Waals surface area (Å²) in [5, 5.41) is 11.4. The highest BCUT2D eigenvalue weighted by molar-refractivity contribution is 6.05. The maximum absolute atomic E-state index is 12.1. The van der Waals surface area contributed by atoms with Crippen LogP contribution in [0.15, 0.2) is 0 Å². The first-order valence-electron chi connectivity index (χ1n) is 11.6. The second kappa shape index (κ2) is 11.2. The number of amides is 1. The Morgan fingerprint density at radius 1 is 1.23 bits per heavy atom. The molecule has 1 amide bonds. The fraction of sp³-hybridized carbons (Fsp3) is 0.714. The number of fused-ring (bicyclic) bond motifs is 1. The summed E-state index contributed by atoms with van der Waals surface area (Å²) in [4.78, 5) is 23.8. The molecule has 172 valence electrons. The van der Waals surface area contributed by atoms with Crippen LogP contribution in [0.4, 0.5) is 11.8 Å². The lowest BCUT2D eigenvalue weighted by Gasteiger charge is -2.28. The Hall–Kier alpha value is -2.46. The van der Waals surface area contributed by atoms with Gasteiger partial charge in [-0.25, -0.2) is 4.98 Å². The van der Waals surface area contributed by atoms with E-state index >= 15 is 0 Å². The average Bonchev–Trinajstić information content (AvgIpc) is 3.44. The SMILES string of the molecule is CC.CCOCCn1nc(C(N)=O)c2nc(N3CCNCC3)nc(NC3CCCC3)c21. The van der Waals surface area contributed by atoms with E-state index in [1.165, 1.54) is 12.8 Å². The fourth-order valence-electron chi connectivity index (χ4n) is 4.06. The number of nitrogens with zero attached hydrogens (tertiary/aromatic N) is 5. The van der Waals surface area contributed by atoms with Crippen molar-refractivity contribution in [3.63, 3.8) is 0 Å². The highest BCUT2D eigenvalue weighted by Gasteiger charge is 2.26. The summed E-state index contributed by atoms with van der Waals surface area (Å²) < 4.78 is 7.25. The Labute approximate surface area is 183 Å². The summed E-state index contributed by atoms with van der Waals surface area (Å²) in [6, 6.07) is 0.372. The summed E-state index contributed by atoms with van der Waals surface area (Å²) in [5.74, 6) is 0.764. The molecule has 0 unspecified atom stereocenters. The van der Waals surface area contributed by atoms with Crippen LogP contribution < -0.4 is 21.3 Å². The third-order valence-corrected chi connectivity index (χ3v) is 5.56. The van der Waals surface area contributed by atoms with Crippen molar-refractivity contribution in [3.05, 3.63) is 5.69 Å².